The first-order chi connectivity index (χ1) is 9.51. The first kappa shape index (κ1) is 14.2. The molecule has 20 heavy (non-hydrogen) atoms. The van der Waals surface area contributed by atoms with E-state index in [1.807, 2.05) is 25.1 Å². The number of halogens is 1. The third-order valence-corrected chi connectivity index (χ3v) is 3.22. The summed E-state index contributed by atoms with van der Waals surface area (Å²) in [5.41, 5.74) is 8.96. The van der Waals surface area contributed by atoms with Crippen molar-refractivity contribution >= 4 is 11.6 Å². The number of amides is 1. The summed E-state index contributed by atoms with van der Waals surface area (Å²) in [6.45, 7) is 3.96. The third-order valence-electron chi connectivity index (χ3n) is 3.22. The van der Waals surface area contributed by atoms with Gasteiger partial charge in [0.05, 0.1) is 0 Å². The van der Waals surface area contributed by atoms with Crippen molar-refractivity contribution in [3.05, 3.63) is 64.5 Å². The van der Waals surface area contributed by atoms with E-state index in [0.717, 1.165) is 11.1 Å². The average Bonchev–Trinajstić information content (AvgIpc) is 2.44. The molecule has 0 aliphatic heterocycles. The van der Waals surface area contributed by atoms with Crippen LogP contribution in [0.1, 0.15) is 27.0 Å². The summed E-state index contributed by atoms with van der Waals surface area (Å²) >= 11 is 0. The predicted molar refractivity (Wildman–Crippen MR) is 78.2 cm³/mol. The number of anilines is 1. The fourth-order valence-corrected chi connectivity index (χ4v) is 1.86. The summed E-state index contributed by atoms with van der Waals surface area (Å²) in [6.07, 6.45) is 0. The molecule has 0 fully saturated rings. The second-order valence-electron chi connectivity index (χ2n) is 4.77. The first-order valence-corrected chi connectivity index (χ1v) is 6.38. The van der Waals surface area contributed by atoms with Gasteiger partial charge in [0.25, 0.3) is 5.91 Å². The van der Waals surface area contributed by atoms with Crippen LogP contribution in [0.3, 0.4) is 0 Å². The van der Waals surface area contributed by atoms with Gasteiger partial charge in [0, 0.05) is 17.8 Å². The Morgan fingerprint density at radius 3 is 2.50 bits per heavy atom. The van der Waals surface area contributed by atoms with Gasteiger partial charge in [0.15, 0.2) is 0 Å². The molecule has 0 aliphatic carbocycles. The standard InChI is InChI=1S/C16H17FN2O/c1-10-4-6-13(8-14(10)17)16(20)19-15-7-12(9-18)5-3-11(15)2/h3-8H,9,18H2,1-2H3,(H,19,20). The minimum Gasteiger partial charge on any atom is -0.326 e. The molecule has 2 aromatic rings. The smallest absolute Gasteiger partial charge is 0.255 e. The molecular weight excluding hydrogens is 255 g/mol. The zero-order valence-electron chi connectivity index (χ0n) is 11.5. The summed E-state index contributed by atoms with van der Waals surface area (Å²) in [5.74, 6) is -0.716. The lowest BCUT2D eigenvalue weighted by molar-refractivity contribution is 0.102. The molecule has 0 radical (unpaired) electrons. The summed E-state index contributed by atoms with van der Waals surface area (Å²) in [6, 6.07) is 10.1. The zero-order chi connectivity index (χ0) is 14.7. The van der Waals surface area contributed by atoms with Crippen molar-refractivity contribution < 1.29 is 9.18 Å². The molecule has 0 heterocycles. The summed E-state index contributed by atoms with van der Waals surface area (Å²) in [4.78, 5) is 12.1. The Hall–Kier alpha value is -2.20. The molecule has 0 atom stereocenters. The van der Waals surface area contributed by atoms with Crippen LogP contribution in [0.2, 0.25) is 0 Å². The van der Waals surface area contributed by atoms with Gasteiger partial charge in [-0.15, -0.1) is 0 Å². The van der Waals surface area contributed by atoms with Gasteiger partial charge in [-0.2, -0.15) is 0 Å². The SMILES string of the molecule is Cc1ccc(C(=O)Nc2cc(CN)ccc2C)cc1F. The number of benzene rings is 2. The van der Waals surface area contributed by atoms with Crippen molar-refractivity contribution in [3.8, 4) is 0 Å². The van der Waals surface area contributed by atoms with Gasteiger partial charge in [-0.3, -0.25) is 4.79 Å². The van der Waals surface area contributed by atoms with Crippen molar-refractivity contribution in [1.82, 2.24) is 0 Å². The van der Waals surface area contributed by atoms with Crippen LogP contribution >= 0.6 is 0 Å². The lowest BCUT2D eigenvalue weighted by Gasteiger charge is -2.10. The Morgan fingerprint density at radius 1 is 1.15 bits per heavy atom. The van der Waals surface area contributed by atoms with Gasteiger partial charge in [-0.1, -0.05) is 18.2 Å². The van der Waals surface area contributed by atoms with Gasteiger partial charge < -0.3 is 11.1 Å². The number of nitrogens with one attached hydrogen (secondary N) is 1. The Balaban J connectivity index is 2.25. The number of hydrogen-bond donors (Lipinski definition) is 2. The fraction of sp³-hybridized carbons (Fsp3) is 0.188. The normalized spacial score (nSPS) is 10.4. The zero-order valence-corrected chi connectivity index (χ0v) is 11.5. The molecule has 3 nitrogen and oxygen atoms in total. The van der Waals surface area contributed by atoms with E-state index >= 15 is 0 Å². The summed E-state index contributed by atoms with van der Waals surface area (Å²) in [5, 5.41) is 2.79. The van der Waals surface area contributed by atoms with E-state index in [4.69, 9.17) is 5.73 Å². The second kappa shape index (κ2) is 5.84. The van der Waals surface area contributed by atoms with Crippen molar-refractivity contribution in [1.29, 1.82) is 0 Å². The summed E-state index contributed by atoms with van der Waals surface area (Å²) < 4.78 is 13.5. The predicted octanol–water partition coefficient (Wildman–Crippen LogP) is 3.15. The van der Waals surface area contributed by atoms with Crippen LogP contribution in [0.5, 0.6) is 0 Å². The molecule has 0 aromatic heterocycles. The maximum Gasteiger partial charge on any atom is 0.255 e. The number of hydrogen-bond acceptors (Lipinski definition) is 2. The van der Waals surface area contributed by atoms with E-state index in [-0.39, 0.29) is 11.7 Å². The van der Waals surface area contributed by atoms with Gasteiger partial charge in [-0.05, 0) is 48.7 Å². The Morgan fingerprint density at radius 2 is 1.85 bits per heavy atom. The van der Waals surface area contributed by atoms with Crippen LogP contribution in [-0.4, -0.2) is 5.91 Å². The minimum atomic E-state index is -0.384. The van der Waals surface area contributed by atoms with Crippen LogP contribution in [-0.2, 0) is 6.54 Å². The quantitative estimate of drug-likeness (QED) is 0.901. The molecule has 2 aromatic carbocycles. The minimum absolute atomic E-state index is 0.297. The molecule has 0 unspecified atom stereocenters. The highest BCUT2D eigenvalue weighted by Gasteiger charge is 2.10. The van der Waals surface area contributed by atoms with Crippen LogP contribution in [0.4, 0.5) is 10.1 Å². The van der Waals surface area contributed by atoms with Gasteiger partial charge in [0.2, 0.25) is 0 Å². The second-order valence-corrected chi connectivity index (χ2v) is 4.77. The Labute approximate surface area is 117 Å². The van der Waals surface area contributed by atoms with E-state index in [2.05, 4.69) is 5.32 Å². The van der Waals surface area contributed by atoms with Gasteiger partial charge in [-0.25, -0.2) is 4.39 Å². The molecule has 2 rings (SSSR count). The number of carbonyl (C=O) groups is 1. The Bertz CT molecular complexity index is 653. The molecule has 0 saturated carbocycles. The topological polar surface area (TPSA) is 55.1 Å². The fourth-order valence-electron chi connectivity index (χ4n) is 1.86. The summed E-state index contributed by atoms with van der Waals surface area (Å²) in [7, 11) is 0. The number of rotatable bonds is 3. The van der Waals surface area contributed by atoms with Crippen molar-refractivity contribution in [2.45, 2.75) is 20.4 Å². The third kappa shape index (κ3) is 3.03. The molecule has 1 amide bonds. The van der Waals surface area contributed by atoms with Crippen molar-refractivity contribution in [2.24, 2.45) is 5.73 Å². The van der Waals surface area contributed by atoms with E-state index in [0.29, 0.717) is 23.4 Å². The monoisotopic (exact) mass is 272 g/mol. The van der Waals surface area contributed by atoms with E-state index < -0.39 is 0 Å². The first-order valence-electron chi connectivity index (χ1n) is 6.38. The number of aryl methyl sites for hydroxylation is 2. The van der Waals surface area contributed by atoms with Crippen molar-refractivity contribution in [3.63, 3.8) is 0 Å². The highest BCUT2D eigenvalue weighted by Crippen LogP contribution is 2.18. The molecule has 0 aliphatic rings. The van der Waals surface area contributed by atoms with E-state index in [9.17, 15) is 9.18 Å². The van der Waals surface area contributed by atoms with Gasteiger partial charge >= 0.3 is 0 Å². The largest absolute Gasteiger partial charge is 0.326 e. The maximum atomic E-state index is 13.5. The van der Waals surface area contributed by atoms with Crippen LogP contribution in [0.25, 0.3) is 0 Å². The molecule has 3 N–H and O–H groups in total. The van der Waals surface area contributed by atoms with Crippen LogP contribution in [0, 0.1) is 19.7 Å². The molecule has 0 saturated heterocycles. The molecule has 0 bridgehead atoms. The Kier molecular flexibility index (Phi) is 4.15. The van der Waals surface area contributed by atoms with E-state index in [1.165, 1.54) is 6.07 Å². The number of carbonyl (C=O) groups excluding carboxylic acids is 1. The van der Waals surface area contributed by atoms with Crippen LogP contribution in [0.15, 0.2) is 36.4 Å². The highest BCUT2D eigenvalue weighted by atomic mass is 19.1. The maximum absolute atomic E-state index is 13.5. The molecular formula is C16H17FN2O. The lowest BCUT2D eigenvalue weighted by atomic mass is 10.1. The molecule has 4 heteroatoms. The molecule has 104 valence electrons. The van der Waals surface area contributed by atoms with Crippen LogP contribution < -0.4 is 11.1 Å². The number of nitrogens with two attached hydrogens (primary N) is 1. The average molecular weight is 272 g/mol. The highest BCUT2D eigenvalue weighted by molar-refractivity contribution is 6.04. The lowest BCUT2D eigenvalue weighted by Crippen LogP contribution is -2.13. The van der Waals surface area contributed by atoms with Crippen molar-refractivity contribution in [2.75, 3.05) is 5.32 Å². The molecule has 0 spiro atoms. The van der Waals surface area contributed by atoms with E-state index in [1.54, 1.807) is 19.1 Å². The van der Waals surface area contributed by atoms with Gasteiger partial charge in [0.1, 0.15) is 5.82 Å².